The molecule has 1 atom stereocenters. The summed E-state index contributed by atoms with van der Waals surface area (Å²) in [6.45, 7) is 4.87. The molecule has 1 aromatic heterocycles. The Morgan fingerprint density at radius 3 is 2.12 bits per heavy atom. The number of hydrogen-bond acceptors (Lipinski definition) is 4. The van der Waals surface area contributed by atoms with E-state index >= 15 is 0 Å². The molecule has 130 valence electrons. The average Bonchev–Trinajstić information content (AvgIpc) is 3.22. The summed E-state index contributed by atoms with van der Waals surface area (Å²) in [4.78, 5) is 42.5. The maximum atomic E-state index is 13.0. The monoisotopic (exact) mass is 356 g/mol. The van der Waals surface area contributed by atoms with Gasteiger partial charge < -0.3 is 4.90 Å². The Hall–Kier alpha value is -2.47. The number of likely N-dealkylation sites (N-methyl/N-ethyl adjacent to an activating group) is 1. The molecular weight excluding hydrogens is 336 g/mol. The van der Waals surface area contributed by atoms with Crippen molar-refractivity contribution >= 4 is 29.1 Å². The molecule has 1 unspecified atom stereocenters. The number of benzene rings is 1. The van der Waals surface area contributed by atoms with E-state index in [1.165, 1.54) is 11.3 Å². The molecule has 6 heteroatoms. The first-order valence-electron chi connectivity index (χ1n) is 8.36. The lowest BCUT2D eigenvalue weighted by atomic mass is 10.1. The number of thiophene rings is 1. The average molecular weight is 356 g/mol. The van der Waals surface area contributed by atoms with Gasteiger partial charge in [0.25, 0.3) is 11.8 Å². The SMILES string of the molecule is CCN(CC)C(=O)C(Cc1cccs1)N1C(=O)c2ccccc2C1=O. The van der Waals surface area contributed by atoms with Crippen molar-refractivity contribution < 1.29 is 14.4 Å². The van der Waals surface area contributed by atoms with E-state index in [4.69, 9.17) is 0 Å². The Balaban J connectivity index is 1.98. The lowest BCUT2D eigenvalue weighted by molar-refractivity contribution is -0.135. The van der Waals surface area contributed by atoms with E-state index in [2.05, 4.69) is 0 Å². The van der Waals surface area contributed by atoms with Crippen LogP contribution in [0.2, 0.25) is 0 Å². The molecule has 0 N–H and O–H groups in total. The van der Waals surface area contributed by atoms with E-state index in [-0.39, 0.29) is 17.7 Å². The number of nitrogens with zero attached hydrogens (tertiary/aromatic N) is 2. The summed E-state index contributed by atoms with van der Waals surface area (Å²) in [6.07, 6.45) is 0.346. The van der Waals surface area contributed by atoms with E-state index in [0.29, 0.717) is 30.6 Å². The molecular formula is C19H20N2O3S. The van der Waals surface area contributed by atoms with E-state index in [0.717, 1.165) is 9.78 Å². The number of carbonyl (C=O) groups excluding carboxylic acids is 3. The van der Waals surface area contributed by atoms with E-state index in [9.17, 15) is 14.4 Å². The van der Waals surface area contributed by atoms with Crippen LogP contribution in [0.25, 0.3) is 0 Å². The van der Waals surface area contributed by atoms with Gasteiger partial charge >= 0.3 is 0 Å². The zero-order valence-corrected chi connectivity index (χ0v) is 15.1. The molecule has 0 saturated heterocycles. The van der Waals surface area contributed by atoms with Crippen molar-refractivity contribution in [1.29, 1.82) is 0 Å². The van der Waals surface area contributed by atoms with Crippen LogP contribution in [-0.2, 0) is 11.2 Å². The van der Waals surface area contributed by atoms with Crippen LogP contribution in [0.1, 0.15) is 39.4 Å². The van der Waals surface area contributed by atoms with Gasteiger partial charge in [-0.05, 0) is 37.4 Å². The minimum atomic E-state index is -0.814. The largest absolute Gasteiger partial charge is 0.341 e. The molecule has 0 radical (unpaired) electrons. The number of imide groups is 1. The third-order valence-electron chi connectivity index (χ3n) is 4.47. The summed E-state index contributed by atoms with van der Waals surface area (Å²) in [5, 5.41) is 1.93. The van der Waals surface area contributed by atoms with Gasteiger partial charge in [-0.2, -0.15) is 0 Å². The third-order valence-corrected chi connectivity index (χ3v) is 5.37. The molecule has 1 aliphatic heterocycles. The summed E-state index contributed by atoms with van der Waals surface area (Å²) in [6, 6.07) is 9.75. The van der Waals surface area contributed by atoms with Gasteiger partial charge in [-0.3, -0.25) is 19.3 Å². The Morgan fingerprint density at radius 1 is 1.04 bits per heavy atom. The highest BCUT2D eigenvalue weighted by molar-refractivity contribution is 7.09. The van der Waals surface area contributed by atoms with Crippen molar-refractivity contribution in [2.24, 2.45) is 0 Å². The van der Waals surface area contributed by atoms with Crippen LogP contribution in [0.5, 0.6) is 0 Å². The number of amides is 3. The van der Waals surface area contributed by atoms with Gasteiger partial charge in [0, 0.05) is 24.4 Å². The minimum absolute atomic E-state index is 0.187. The summed E-state index contributed by atoms with van der Waals surface area (Å²) in [5.74, 6) is -0.960. The summed E-state index contributed by atoms with van der Waals surface area (Å²) >= 11 is 1.52. The fourth-order valence-electron chi connectivity index (χ4n) is 3.15. The molecule has 5 nitrogen and oxygen atoms in total. The number of hydrogen-bond donors (Lipinski definition) is 0. The Labute approximate surface area is 150 Å². The molecule has 0 fully saturated rings. The van der Waals surface area contributed by atoms with Crippen LogP contribution in [0.4, 0.5) is 0 Å². The topological polar surface area (TPSA) is 57.7 Å². The van der Waals surface area contributed by atoms with Gasteiger partial charge in [-0.15, -0.1) is 11.3 Å². The molecule has 0 saturated carbocycles. The molecule has 1 aliphatic rings. The van der Waals surface area contributed by atoms with E-state index in [1.807, 2.05) is 31.4 Å². The molecule has 0 aliphatic carbocycles. The van der Waals surface area contributed by atoms with Gasteiger partial charge in [0.15, 0.2) is 0 Å². The molecule has 25 heavy (non-hydrogen) atoms. The van der Waals surface area contributed by atoms with Crippen LogP contribution in [0, 0.1) is 0 Å². The van der Waals surface area contributed by atoms with Gasteiger partial charge in [-0.1, -0.05) is 18.2 Å². The second kappa shape index (κ2) is 7.19. The summed E-state index contributed by atoms with van der Waals surface area (Å²) < 4.78 is 0. The Bertz CT molecular complexity index is 762. The first kappa shape index (κ1) is 17.4. The van der Waals surface area contributed by atoms with Crippen molar-refractivity contribution in [3.8, 4) is 0 Å². The molecule has 0 spiro atoms. The first-order valence-corrected chi connectivity index (χ1v) is 9.24. The first-order chi connectivity index (χ1) is 12.1. The van der Waals surface area contributed by atoms with Crippen molar-refractivity contribution in [3.05, 3.63) is 57.8 Å². The quantitative estimate of drug-likeness (QED) is 0.748. The minimum Gasteiger partial charge on any atom is -0.341 e. The normalized spacial score (nSPS) is 14.6. The van der Waals surface area contributed by atoms with E-state index in [1.54, 1.807) is 29.2 Å². The number of fused-ring (bicyclic) bond motifs is 1. The molecule has 3 amide bonds. The van der Waals surface area contributed by atoms with Crippen LogP contribution in [0.3, 0.4) is 0 Å². The maximum Gasteiger partial charge on any atom is 0.262 e. The molecule has 3 rings (SSSR count). The second-order valence-corrected chi connectivity index (χ2v) is 6.87. The van der Waals surface area contributed by atoms with Crippen molar-refractivity contribution in [2.75, 3.05) is 13.1 Å². The van der Waals surface area contributed by atoms with Crippen molar-refractivity contribution in [3.63, 3.8) is 0 Å². The predicted octanol–water partition coefficient (Wildman–Crippen LogP) is 2.82. The second-order valence-electron chi connectivity index (χ2n) is 5.84. The zero-order valence-electron chi connectivity index (χ0n) is 14.3. The fraction of sp³-hybridized carbons (Fsp3) is 0.316. The van der Waals surface area contributed by atoms with Crippen molar-refractivity contribution in [1.82, 2.24) is 9.80 Å². The molecule has 0 bridgehead atoms. The van der Waals surface area contributed by atoms with Gasteiger partial charge in [0.05, 0.1) is 11.1 Å². The van der Waals surface area contributed by atoms with Crippen LogP contribution in [0.15, 0.2) is 41.8 Å². The number of rotatable bonds is 6. The van der Waals surface area contributed by atoms with Crippen LogP contribution < -0.4 is 0 Å². The van der Waals surface area contributed by atoms with Gasteiger partial charge in [0.2, 0.25) is 5.91 Å². The highest BCUT2D eigenvalue weighted by Crippen LogP contribution is 2.27. The van der Waals surface area contributed by atoms with Crippen LogP contribution >= 0.6 is 11.3 Å². The Morgan fingerprint density at radius 2 is 1.64 bits per heavy atom. The van der Waals surface area contributed by atoms with E-state index < -0.39 is 6.04 Å². The smallest absolute Gasteiger partial charge is 0.262 e. The highest BCUT2D eigenvalue weighted by atomic mass is 32.1. The van der Waals surface area contributed by atoms with Crippen molar-refractivity contribution in [2.45, 2.75) is 26.3 Å². The van der Waals surface area contributed by atoms with Gasteiger partial charge in [0.1, 0.15) is 6.04 Å². The molecule has 2 aromatic rings. The lowest BCUT2D eigenvalue weighted by Gasteiger charge is -2.30. The zero-order chi connectivity index (χ0) is 18.0. The molecule has 2 heterocycles. The van der Waals surface area contributed by atoms with Crippen LogP contribution in [-0.4, -0.2) is 46.7 Å². The summed E-state index contributed by atoms with van der Waals surface area (Å²) in [5.41, 5.74) is 0.743. The van der Waals surface area contributed by atoms with Gasteiger partial charge in [-0.25, -0.2) is 0 Å². The summed E-state index contributed by atoms with van der Waals surface area (Å²) in [7, 11) is 0. The standard InChI is InChI=1S/C19H20N2O3S/c1-3-20(4-2)19(24)16(12-13-8-7-11-25-13)21-17(22)14-9-5-6-10-15(14)18(21)23/h5-11,16H,3-4,12H2,1-2H3. The molecule has 1 aromatic carbocycles. The Kier molecular flexibility index (Phi) is 4.99. The number of carbonyl (C=O) groups is 3. The lowest BCUT2D eigenvalue weighted by Crippen LogP contribution is -2.52. The fourth-order valence-corrected chi connectivity index (χ4v) is 3.89. The predicted molar refractivity (Wildman–Crippen MR) is 96.7 cm³/mol. The third kappa shape index (κ3) is 3.09. The highest BCUT2D eigenvalue weighted by Gasteiger charge is 2.43. The maximum absolute atomic E-state index is 13.0.